The summed E-state index contributed by atoms with van der Waals surface area (Å²) in [5, 5.41) is 0.217. The van der Waals surface area contributed by atoms with Gasteiger partial charge in [0, 0.05) is 12.0 Å². The fourth-order valence-corrected chi connectivity index (χ4v) is 1.75. The van der Waals surface area contributed by atoms with Crippen LogP contribution in [-0.4, -0.2) is 30.0 Å². The number of hydrogen-bond donors (Lipinski definition) is 0. The van der Waals surface area contributed by atoms with Gasteiger partial charge in [0.05, 0.1) is 17.5 Å². The molecule has 0 N–H and O–H groups in total. The molecule has 96 valence electrons. The molecule has 4 nitrogen and oxygen atoms in total. The van der Waals surface area contributed by atoms with E-state index < -0.39 is 5.97 Å². The van der Waals surface area contributed by atoms with Gasteiger partial charge in [0.2, 0.25) is 0 Å². The van der Waals surface area contributed by atoms with Gasteiger partial charge < -0.3 is 4.74 Å². The molecule has 0 radical (unpaired) electrons. The van der Waals surface area contributed by atoms with Crippen LogP contribution in [0.3, 0.4) is 0 Å². The summed E-state index contributed by atoms with van der Waals surface area (Å²) >= 11 is 3.06. The third kappa shape index (κ3) is 3.50. The van der Waals surface area contributed by atoms with Crippen molar-refractivity contribution >= 4 is 34.0 Å². The predicted octanol–water partition coefficient (Wildman–Crippen LogP) is 2.18. The van der Waals surface area contributed by atoms with E-state index in [4.69, 9.17) is 4.74 Å². The lowest BCUT2D eigenvalue weighted by Crippen LogP contribution is -2.12. The van der Waals surface area contributed by atoms with Crippen molar-refractivity contribution in [3.05, 3.63) is 34.9 Å². The minimum absolute atomic E-state index is 0.0564. The van der Waals surface area contributed by atoms with Crippen LogP contribution in [0.5, 0.6) is 0 Å². The van der Waals surface area contributed by atoms with Gasteiger partial charge in [0.1, 0.15) is 5.78 Å². The smallest absolute Gasteiger partial charge is 0.338 e. The Labute approximate surface area is 113 Å². The summed E-state index contributed by atoms with van der Waals surface area (Å²) in [6, 6.07) is 4.81. The van der Waals surface area contributed by atoms with Crippen molar-refractivity contribution in [3.8, 4) is 0 Å². The van der Waals surface area contributed by atoms with Crippen molar-refractivity contribution in [3.63, 3.8) is 0 Å². The maximum absolute atomic E-state index is 11.7. The normalized spacial score (nSPS) is 9.89. The minimum Gasteiger partial charge on any atom is -0.462 e. The van der Waals surface area contributed by atoms with E-state index in [0.29, 0.717) is 11.8 Å². The zero-order valence-corrected chi connectivity index (χ0v) is 11.5. The van der Waals surface area contributed by atoms with Crippen LogP contribution < -0.4 is 0 Å². The predicted molar refractivity (Wildman–Crippen MR) is 70.3 cm³/mol. The number of alkyl halides is 1. The molecule has 0 unspecified atom stereocenters. The Hall–Kier alpha value is -1.49. The van der Waals surface area contributed by atoms with Gasteiger partial charge in [-0.25, -0.2) is 4.79 Å². The third-order valence-corrected chi connectivity index (χ3v) is 2.97. The molecule has 1 aromatic carbocycles. The summed E-state index contributed by atoms with van der Waals surface area (Å²) in [5.74, 6) is -0.605. The number of aldehydes is 1. The fraction of sp³-hybridized carbons (Fsp3) is 0.308. The summed E-state index contributed by atoms with van der Waals surface area (Å²) in [6.45, 7) is 1.93. The lowest BCUT2D eigenvalue weighted by molar-refractivity contribution is -0.115. The molecule has 0 aliphatic carbocycles. The third-order valence-electron chi connectivity index (χ3n) is 2.35. The lowest BCUT2D eigenvalue weighted by atomic mass is 9.98. The number of hydrogen-bond acceptors (Lipinski definition) is 4. The molecular weight excluding hydrogens is 300 g/mol. The van der Waals surface area contributed by atoms with Gasteiger partial charge in [0.25, 0.3) is 0 Å². The van der Waals surface area contributed by atoms with E-state index in [1.54, 1.807) is 19.1 Å². The number of Topliss-reactive ketones (excluding diaryl/α,β-unsaturated/α-hetero) is 1. The van der Waals surface area contributed by atoms with Crippen molar-refractivity contribution < 1.29 is 19.1 Å². The monoisotopic (exact) mass is 312 g/mol. The van der Waals surface area contributed by atoms with E-state index in [1.807, 2.05) is 0 Å². The molecule has 0 amide bonds. The molecule has 0 atom stereocenters. The van der Waals surface area contributed by atoms with Crippen LogP contribution >= 0.6 is 15.9 Å². The Morgan fingerprint density at radius 1 is 1.39 bits per heavy atom. The van der Waals surface area contributed by atoms with E-state index in [9.17, 15) is 14.4 Å². The number of carbonyl (C=O) groups excluding carboxylic acids is 3. The largest absolute Gasteiger partial charge is 0.462 e. The molecule has 0 saturated carbocycles. The lowest BCUT2D eigenvalue weighted by Gasteiger charge is -2.08. The van der Waals surface area contributed by atoms with Gasteiger partial charge in [-0.15, -0.1) is 0 Å². The van der Waals surface area contributed by atoms with Crippen molar-refractivity contribution in [2.75, 3.05) is 11.9 Å². The first-order valence-corrected chi connectivity index (χ1v) is 6.58. The van der Waals surface area contributed by atoms with Crippen molar-refractivity contribution in [1.82, 2.24) is 0 Å². The average Bonchev–Trinajstić information content (AvgIpc) is 2.38. The summed E-state index contributed by atoms with van der Waals surface area (Å²) in [5.41, 5.74) is 0.969. The first-order valence-electron chi connectivity index (χ1n) is 5.45. The Kier molecular flexibility index (Phi) is 5.71. The molecule has 0 aliphatic rings. The molecule has 5 heteroatoms. The molecule has 1 aromatic rings. The van der Waals surface area contributed by atoms with Gasteiger partial charge in [-0.05, 0) is 18.6 Å². The fourth-order valence-electron chi connectivity index (χ4n) is 1.55. The quantitative estimate of drug-likeness (QED) is 0.459. The Bertz CT molecular complexity index is 468. The topological polar surface area (TPSA) is 60.4 Å². The van der Waals surface area contributed by atoms with Gasteiger partial charge in [-0.3, -0.25) is 9.59 Å². The molecule has 0 fully saturated rings. The van der Waals surface area contributed by atoms with Crippen LogP contribution in [0, 0.1) is 0 Å². The highest BCUT2D eigenvalue weighted by Crippen LogP contribution is 2.15. The molecule has 18 heavy (non-hydrogen) atoms. The van der Waals surface area contributed by atoms with Crippen LogP contribution in [0.2, 0.25) is 0 Å². The summed E-state index contributed by atoms with van der Waals surface area (Å²) < 4.78 is 4.86. The van der Waals surface area contributed by atoms with Crippen molar-refractivity contribution in [1.29, 1.82) is 0 Å². The molecule has 1 rings (SSSR count). The highest BCUT2D eigenvalue weighted by Gasteiger charge is 2.16. The maximum Gasteiger partial charge on any atom is 0.338 e. The maximum atomic E-state index is 11.7. The Balaban J connectivity index is 3.13. The number of ketones is 1. The highest BCUT2D eigenvalue weighted by atomic mass is 79.9. The number of esters is 1. The zero-order valence-electron chi connectivity index (χ0n) is 9.94. The molecule has 0 saturated heterocycles. The zero-order chi connectivity index (χ0) is 13.5. The summed E-state index contributed by atoms with van der Waals surface area (Å²) in [4.78, 5) is 34.1. The van der Waals surface area contributed by atoms with Crippen LogP contribution in [-0.2, 0) is 16.0 Å². The number of benzene rings is 1. The van der Waals surface area contributed by atoms with E-state index in [-0.39, 0.29) is 35.3 Å². The molecule has 0 spiro atoms. The number of rotatable bonds is 6. The second-order valence-corrected chi connectivity index (χ2v) is 4.13. The van der Waals surface area contributed by atoms with E-state index in [0.717, 1.165) is 0 Å². The van der Waals surface area contributed by atoms with Gasteiger partial charge >= 0.3 is 5.97 Å². The van der Waals surface area contributed by atoms with Gasteiger partial charge in [-0.1, -0.05) is 28.1 Å². The van der Waals surface area contributed by atoms with Crippen molar-refractivity contribution in [2.24, 2.45) is 0 Å². The van der Waals surface area contributed by atoms with Gasteiger partial charge in [-0.2, -0.15) is 0 Å². The second kappa shape index (κ2) is 7.06. The average molecular weight is 313 g/mol. The minimum atomic E-state index is -0.548. The number of ether oxygens (including phenoxy) is 1. The van der Waals surface area contributed by atoms with Crippen LogP contribution in [0.4, 0.5) is 0 Å². The van der Waals surface area contributed by atoms with E-state index >= 15 is 0 Å². The molecular formula is C13H13BrO4. The SMILES string of the molecule is CCOC(=O)c1cccc(CC(=O)CBr)c1C=O. The van der Waals surface area contributed by atoms with E-state index in [2.05, 4.69) is 15.9 Å². The van der Waals surface area contributed by atoms with Crippen molar-refractivity contribution in [2.45, 2.75) is 13.3 Å². The standard InChI is InChI=1S/C13H13BrO4/c1-2-18-13(17)11-5-3-4-9(12(11)8-15)6-10(16)7-14/h3-5,8H,2,6-7H2,1H3. The summed E-state index contributed by atoms with van der Waals surface area (Å²) in [6.07, 6.45) is 0.704. The van der Waals surface area contributed by atoms with Crippen LogP contribution in [0.25, 0.3) is 0 Å². The molecule has 0 aliphatic heterocycles. The Morgan fingerprint density at radius 2 is 2.11 bits per heavy atom. The molecule has 0 bridgehead atoms. The second-order valence-electron chi connectivity index (χ2n) is 3.57. The van der Waals surface area contributed by atoms with Gasteiger partial charge in [0.15, 0.2) is 6.29 Å². The first-order chi connectivity index (χ1) is 8.63. The molecule has 0 aromatic heterocycles. The summed E-state index contributed by atoms with van der Waals surface area (Å²) in [7, 11) is 0. The number of halogens is 1. The molecule has 0 heterocycles. The Morgan fingerprint density at radius 3 is 2.67 bits per heavy atom. The number of carbonyl (C=O) groups is 3. The van der Waals surface area contributed by atoms with Crippen LogP contribution in [0.1, 0.15) is 33.2 Å². The highest BCUT2D eigenvalue weighted by molar-refractivity contribution is 9.09. The first kappa shape index (κ1) is 14.6. The van der Waals surface area contributed by atoms with Crippen LogP contribution in [0.15, 0.2) is 18.2 Å². The van der Waals surface area contributed by atoms with E-state index in [1.165, 1.54) is 6.07 Å².